The fourth-order valence-electron chi connectivity index (χ4n) is 3.40. The number of carbonyl (C=O) groups excluding carboxylic acids is 2. The molecule has 0 aliphatic carbocycles. The van der Waals surface area contributed by atoms with Crippen LogP contribution in [-0.4, -0.2) is 38.9 Å². The van der Waals surface area contributed by atoms with Crippen molar-refractivity contribution in [3.05, 3.63) is 84.1 Å². The van der Waals surface area contributed by atoms with Gasteiger partial charge in [0.05, 0.1) is 25.1 Å². The third-order valence-corrected chi connectivity index (χ3v) is 6.06. The monoisotopic (exact) mass is 475 g/mol. The summed E-state index contributed by atoms with van der Waals surface area (Å²) < 4.78 is 7.43. The van der Waals surface area contributed by atoms with E-state index in [4.69, 9.17) is 4.42 Å². The number of para-hydroxylation sites is 1. The first-order chi connectivity index (χ1) is 16.6. The van der Waals surface area contributed by atoms with Gasteiger partial charge in [-0.25, -0.2) is 0 Å². The molecule has 0 aliphatic heterocycles. The summed E-state index contributed by atoms with van der Waals surface area (Å²) in [5, 5.41) is 14.6. The second-order valence-electron chi connectivity index (χ2n) is 7.48. The third kappa shape index (κ3) is 5.93. The number of amides is 2. The molecule has 9 heteroatoms. The minimum absolute atomic E-state index is 0.101. The van der Waals surface area contributed by atoms with Gasteiger partial charge in [0.2, 0.25) is 17.6 Å². The van der Waals surface area contributed by atoms with E-state index in [2.05, 4.69) is 20.8 Å². The van der Waals surface area contributed by atoms with Crippen LogP contribution in [0.25, 0.3) is 11.6 Å². The highest BCUT2D eigenvalue weighted by molar-refractivity contribution is 7.99. The van der Waals surface area contributed by atoms with Crippen LogP contribution in [0.2, 0.25) is 0 Å². The van der Waals surface area contributed by atoms with Crippen molar-refractivity contribution in [3.63, 3.8) is 0 Å². The largest absolute Gasteiger partial charge is 0.461 e. The van der Waals surface area contributed by atoms with Gasteiger partial charge in [-0.15, -0.1) is 10.2 Å². The third-order valence-electron chi connectivity index (χ3n) is 5.09. The Bertz CT molecular complexity index is 1240. The van der Waals surface area contributed by atoms with Crippen LogP contribution >= 0.6 is 11.8 Å². The van der Waals surface area contributed by atoms with Crippen molar-refractivity contribution >= 4 is 29.3 Å². The van der Waals surface area contributed by atoms with Crippen molar-refractivity contribution < 1.29 is 14.0 Å². The van der Waals surface area contributed by atoms with Crippen LogP contribution in [0.3, 0.4) is 0 Å². The van der Waals surface area contributed by atoms with Crippen molar-refractivity contribution in [1.29, 1.82) is 0 Å². The standard InChI is InChI=1S/C25H25N5O3S/c1-2-19-11-6-7-12-20(19)27-22(31)15-26-23(32)17-34-25-29-28-24(21-13-8-14-33-21)30(25)16-18-9-4-3-5-10-18/h3-14H,2,15-17H2,1H3,(H,26,32)(H,27,31). The molecular weight excluding hydrogens is 450 g/mol. The maximum atomic E-state index is 12.4. The molecule has 4 aromatic rings. The van der Waals surface area contributed by atoms with E-state index < -0.39 is 0 Å². The molecule has 2 aromatic carbocycles. The molecule has 34 heavy (non-hydrogen) atoms. The highest BCUT2D eigenvalue weighted by Gasteiger charge is 2.18. The van der Waals surface area contributed by atoms with Crippen LogP contribution in [0.1, 0.15) is 18.1 Å². The number of nitrogens with one attached hydrogen (secondary N) is 2. The molecule has 2 aromatic heterocycles. The minimum Gasteiger partial charge on any atom is -0.461 e. The highest BCUT2D eigenvalue weighted by atomic mass is 32.2. The van der Waals surface area contributed by atoms with E-state index >= 15 is 0 Å². The molecule has 0 spiro atoms. The van der Waals surface area contributed by atoms with E-state index in [9.17, 15) is 9.59 Å². The number of aryl methyl sites for hydroxylation is 1. The Labute approximate surface area is 201 Å². The Morgan fingerprint density at radius 2 is 1.76 bits per heavy atom. The van der Waals surface area contributed by atoms with Crippen LogP contribution in [0.4, 0.5) is 5.69 Å². The van der Waals surface area contributed by atoms with Gasteiger partial charge >= 0.3 is 0 Å². The predicted molar refractivity (Wildman–Crippen MR) is 131 cm³/mol. The summed E-state index contributed by atoms with van der Waals surface area (Å²) in [6.45, 7) is 2.46. The molecule has 174 valence electrons. The number of carbonyl (C=O) groups is 2. The fraction of sp³-hybridized carbons (Fsp3) is 0.200. The quantitative estimate of drug-likeness (QED) is 0.336. The van der Waals surface area contributed by atoms with Gasteiger partial charge in [0, 0.05) is 5.69 Å². The molecule has 2 N–H and O–H groups in total. The number of furan rings is 1. The average Bonchev–Trinajstić information content (AvgIpc) is 3.52. The van der Waals surface area contributed by atoms with Crippen molar-refractivity contribution in [2.45, 2.75) is 25.0 Å². The normalized spacial score (nSPS) is 10.7. The van der Waals surface area contributed by atoms with Crippen molar-refractivity contribution in [3.8, 4) is 11.6 Å². The van der Waals surface area contributed by atoms with Crippen LogP contribution in [0.15, 0.2) is 82.6 Å². The maximum absolute atomic E-state index is 12.4. The summed E-state index contributed by atoms with van der Waals surface area (Å²) in [5.74, 6) is 0.753. The summed E-state index contributed by atoms with van der Waals surface area (Å²) in [4.78, 5) is 24.7. The lowest BCUT2D eigenvalue weighted by atomic mass is 10.1. The van der Waals surface area contributed by atoms with Gasteiger partial charge in [0.1, 0.15) is 0 Å². The zero-order valence-electron chi connectivity index (χ0n) is 18.7. The molecule has 0 saturated heterocycles. The highest BCUT2D eigenvalue weighted by Crippen LogP contribution is 2.25. The SMILES string of the molecule is CCc1ccccc1NC(=O)CNC(=O)CSc1nnc(-c2ccco2)n1Cc1ccccc1. The van der Waals surface area contributed by atoms with Gasteiger partial charge in [0.15, 0.2) is 10.9 Å². The van der Waals surface area contributed by atoms with E-state index in [-0.39, 0.29) is 24.1 Å². The van der Waals surface area contributed by atoms with Crippen molar-refractivity contribution in [2.75, 3.05) is 17.6 Å². The lowest BCUT2D eigenvalue weighted by molar-refractivity contribution is -0.122. The Hall–Kier alpha value is -3.85. The summed E-state index contributed by atoms with van der Waals surface area (Å²) >= 11 is 1.26. The first kappa shape index (κ1) is 23.3. The Morgan fingerprint density at radius 1 is 0.971 bits per heavy atom. The zero-order chi connectivity index (χ0) is 23.8. The lowest BCUT2D eigenvalue weighted by Gasteiger charge is -2.11. The topological polar surface area (TPSA) is 102 Å². The Kier molecular flexibility index (Phi) is 7.77. The summed E-state index contributed by atoms with van der Waals surface area (Å²) in [5.41, 5.74) is 2.88. The first-order valence-corrected chi connectivity index (χ1v) is 11.9. The molecule has 0 saturated carbocycles. The van der Waals surface area contributed by atoms with Gasteiger partial charge in [0.25, 0.3) is 0 Å². The number of benzene rings is 2. The number of thioether (sulfide) groups is 1. The molecule has 4 rings (SSSR count). The number of aromatic nitrogens is 3. The van der Waals surface area contributed by atoms with Crippen LogP contribution in [0.5, 0.6) is 0 Å². The summed E-state index contributed by atoms with van der Waals surface area (Å²) in [7, 11) is 0. The molecule has 0 unspecified atom stereocenters. The van der Waals surface area contributed by atoms with Gasteiger partial charge < -0.3 is 15.1 Å². The predicted octanol–water partition coefficient (Wildman–Crippen LogP) is 4.00. The van der Waals surface area contributed by atoms with Gasteiger partial charge in [-0.1, -0.05) is 67.2 Å². The van der Waals surface area contributed by atoms with E-state index in [0.29, 0.717) is 23.3 Å². The molecule has 8 nitrogen and oxygen atoms in total. The lowest BCUT2D eigenvalue weighted by Crippen LogP contribution is -2.34. The Balaban J connectivity index is 1.36. The molecule has 0 aliphatic rings. The average molecular weight is 476 g/mol. The van der Waals surface area contributed by atoms with E-state index in [1.165, 1.54) is 11.8 Å². The maximum Gasteiger partial charge on any atom is 0.243 e. The van der Waals surface area contributed by atoms with E-state index in [1.54, 1.807) is 12.3 Å². The summed E-state index contributed by atoms with van der Waals surface area (Å²) in [6, 6.07) is 21.2. The number of nitrogens with zero attached hydrogens (tertiary/aromatic N) is 3. The van der Waals surface area contributed by atoms with Gasteiger partial charge in [-0.3, -0.25) is 14.2 Å². The van der Waals surface area contributed by atoms with Gasteiger partial charge in [-0.2, -0.15) is 0 Å². The first-order valence-electron chi connectivity index (χ1n) is 10.9. The van der Waals surface area contributed by atoms with Crippen LogP contribution in [0, 0.1) is 0 Å². The summed E-state index contributed by atoms with van der Waals surface area (Å²) in [6.07, 6.45) is 2.39. The number of hydrogen-bond acceptors (Lipinski definition) is 6. The molecule has 0 fully saturated rings. The molecule has 2 amide bonds. The fourth-order valence-corrected chi connectivity index (χ4v) is 4.16. The smallest absolute Gasteiger partial charge is 0.243 e. The Morgan fingerprint density at radius 3 is 2.53 bits per heavy atom. The molecule has 0 radical (unpaired) electrons. The number of anilines is 1. The number of hydrogen-bond donors (Lipinski definition) is 2. The second-order valence-corrected chi connectivity index (χ2v) is 8.42. The van der Waals surface area contributed by atoms with E-state index in [1.807, 2.05) is 72.2 Å². The second kappa shape index (κ2) is 11.3. The van der Waals surface area contributed by atoms with Gasteiger partial charge in [-0.05, 0) is 35.7 Å². The van der Waals surface area contributed by atoms with Crippen molar-refractivity contribution in [1.82, 2.24) is 20.1 Å². The van der Waals surface area contributed by atoms with E-state index in [0.717, 1.165) is 23.2 Å². The van der Waals surface area contributed by atoms with Crippen molar-refractivity contribution in [2.24, 2.45) is 0 Å². The minimum atomic E-state index is -0.272. The van der Waals surface area contributed by atoms with Crippen LogP contribution in [-0.2, 0) is 22.6 Å². The zero-order valence-corrected chi connectivity index (χ0v) is 19.5. The molecule has 0 atom stereocenters. The molecule has 0 bridgehead atoms. The number of rotatable bonds is 10. The van der Waals surface area contributed by atoms with Crippen LogP contribution < -0.4 is 10.6 Å². The molecule has 2 heterocycles. The molecular formula is C25H25N5O3S.